The maximum atomic E-state index is 13.3. The molecule has 0 saturated carbocycles. The van der Waals surface area contributed by atoms with Gasteiger partial charge in [0.1, 0.15) is 6.10 Å². The molecule has 0 saturated heterocycles. The number of halogens is 2. The Hall–Kier alpha value is -2.02. The number of nitrogens with zero attached hydrogens (tertiary/aromatic N) is 1. The number of carbonyl (C=O) groups is 2. The van der Waals surface area contributed by atoms with Crippen LogP contribution in [0, 0.1) is 11.6 Å². The van der Waals surface area contributed by atoms with Gasteiger partial charge in [-0.3, -0.25) is 9.59 Å². The van der Waals surface area contributed by atoms with Gasteiger partial charge in [-0.1, -0.05) is 6.07 Å². The minimum atomic E-state index is -0.985. The lowest BCUT2D eigenvalue weighted by Crippen LogP contribution is -2.40. The average Bonchev–Trinajstić information content (AvgIpc) is 2.53. The number of rotatable bonds is 8. The summed E-state index contributed by atoms with van der Waals surface area (Å²) in [5.41, 5.74) is 0.422. The van der Waals surface area contributed by atoms with Crippen LogP contribution in [0.5, 0.6) is 0 Å². The second-order valence-corrected chi connectivity index (χ2v) is 4.93. The summed E-state index contributed by atoms with van der Waals surface area (Å²) < 4.78 is 36.1. The highest BCUT2D eigenvalue weighted by Crippen LogP contribution is 2.13. The highest BCUT2D eigenvalue weighted by Gasteiger charge is 2.22. The molecule has 0 aromatic heterocycles. The van der Waals surface area contributed by atoms with Gasteiger partial charge in [0.05, 0.1) is 13.5 Å². The zero-order valence-electron chi connectivity index (χ0n) is 13.5. The maximum Gasteiger partial charge on any atom is 0.307 e. The first-order chi connectivity index (χ1) is 10.9. The van der Waals surface area contributed by atoms with Crippen LogP contribution in [-0.4, -0.2) is 43.1 Å². The Morgan fingerprint density at radius 1 is 1.26 bits per heavy atom. The van der Waals surface area contributed by atoms with E-state index in [1.807, 2.05) is 0 Å². The van der Waals surface area contributed by atoms with E-state index >= 15 is 0 Å². The Morgan fingerprint density at radius 3 is 2.52 bits per heavy atom. The maximum absolute atomic E-state index is 13.3. The molecule has 1 aromatic carbocycles. The summed E-state index contributed by atoms with van der Waals surface area (Å²) in [4.78, 5) is 25.0. The molecule has 0 aliphatic heterocycles. The molecule has 23 heavy (non-hydrogen) atoms. The largest absolute Gasteiger partial charge is 0.469 e. The summed E-state index contributed by atoms with van der Waals surface area (Å²) >= 11 is 0. The standard InChI is InChI=1S/C16H21F2NO4/c1-4-23-11(2)16(21)19(8-7-15(20)22-3)10-12-5-6-13(17)14(18)9-12/h5-6,9,11H,4,7-8,10H2,1-3H3/t11-/m0/s1. The van der Waals surface area contributed by atoms with Crippen molar-refractivity contribution >= 4 is 11.9 Å². The third-order valence-electron chi connectivity index (χ3n) is 3.25. The van der Waals surface area contributed by atoms with E-state index in [0.29, 0.717) is 12.2 Å². The summed E-state index contributed by atoms with van der Waals surface area (Å²) in [7, 11) is 1.26. The lowest BCUT2D eigenvalue weighted by atomic mass is 10.2. The van der Waals surface area contributed by atoms with Crippen LogP contribution in [0.2, 0.25) is 0 Å². The van der Waals surface area contributed by atoms with Crippen molar-refractivity contribution in [2.75, 3.05) is 20.3 Å². The molecular weight excluding hydrogens is 308 g/mol. The van der Waals surface area contributed by atoms with Crippen LogP contribution in [0.4, 0.5) is 8.78 Å². The SMILES string of the molecule is CCO[C@@H](C)C(=O)N(CCC(=O)OC)Cc1ccc(F)c(F)c1. The quantitative estimate of drug-likeness (QED) is 0.687. The molecule has 5 nitrogen and oxygen atoms in total. The van der Waals surface area contributed by atoms with Crippen LogP contribution >= 0.6 is 0 Å². The fraction of sp³-hybridized carbons (Fsp3) is 0.500. The first kappa shape index (κ1) is 19.0. The molecule has 1 amide bonds. The van der Waals surface area contributed by atoms with E-state index in [9.17, 15) is 18.4 Å². The van der Waals surface area contributed by atoms with Crippen molar-refractivity contribution in [2.45, 2.75) is 32.9 Å². The summed E-state index contributed by atoms with van der Waals surface area (Å²) in [5, 5.41) is 0. The summed E-state index contributed by atoms with van der Waals surface area (Å²) in [6.45, 7) is 3.87. The third kappa shape index (κ3) is 5.94. The van der Waals surface area contributed by atoms with Crippen LogP contribution in [0.15, 0.2) is 18.2 Å². The van der Waals surface area contributed by atoms with Crippen LogP contribution in [0.25, 0.3) is 0 Å². The van der Waals surface area contributed by atoms with E-state index in [-0.39, 0.29) is 25.4 Å². The van der Waals surface area contributed by atoms with Gasteiger partial charge in [0.25, 0.3) is 5.91 Å². The van der Waals surface area contributed by atoms with E-state index in [2.05, 4.69) is 4.74 Å². The zero-order valence-corrected chi connectivity index (χ0v) is 13.5. The number of methoxy groups -OCH3 is 1. The molecule has 128 valence electrons. The number of hydrogen-bond acceptors (Lipinski definition) is 4. The molecule has 1 atom stereocenters. The topological polar surface area (TPSA) is 55.8 Å². The van der Waals surface area contributed by atoms with Crippen molar-refractivity contribution in [3.63, 3.8) is 0 Å². The third-order valence-corrected chi connectivity index (χ3v) is 3.25. The Morgan fingerprint density at radius 2 is 1.96 bits per heavy atom. The molecule has 7 heteroatoms. The molecule has 0 heterocycles. The van der Waals surface area contributed by atoms with Crippen molar-refractivity contribution in [1.82, 2.24) is 4.90 Å². The normalized spacial score (nSPS) is 11.9. The highest BCUT2D eigenvalue weighted by atomic mass is 19.2. The lowest BCUT2D eigenvalue weighted by Gasteiger charge is -2.25. The van der Waals surface area contributed by atoms with Crippen molar-refractivity contribution in [1.29, 1.82) is 0 Å². The number of carbonyl (C=O) groups excluding carboxylic acids is 2. The summed E-state index contributed by atoms with van der Waals surface area (Å²) in [6, 6.07) is 3.42. The zero-order chi connectivity index (χ0) is 17.4. The molecule has 0 fully saturated rings. The van der Waals surface area contributed by atoms with Gasteiger partial charge in [-0.15, -0.1) is 0 Å². The van der Waals surface area contributed by atoms with E-state index in [1.165, 1.54) is 18.1 Å². The van der Waals surface area contributed by atoms with E-state index in [1.54, 1.807) is 13.8 Å². The molecule has 1 aromatic rings. The van der Waals surface area contributed by atoms with Gasteiger partial charge in [0.2, 0.25) is 0 Å². The van der Waals surface area contributed by atoms with Crippen LogP contribution < -0.4 is 0 Å². The summed E-state index contributed by atoms with van der Waals surface area (Å²) in [5.74, 6) is -2.73. The number of amides is 1. The number of esters is 1. The first-order valence-corrected chi connectivity index (χ1v) is 7.30. The van der Waals surface area contributed by atoms with E-state index in [0.717, 1.165) is 12.1 Å². The lowest BCUT2D eigenvalue weighted by molar-refractivity contribution is -0.145. The fourth-order valence-corrected chi connectivity index (χ4v) is 2.03. The van der Waals surface area contributed by atoms with Gasteiger partial charge in [-0.2, -0.15) is 0 Å². The van der Waals surface area contributed by atoms with Crippen molar-refractivity contribution in [3.05, 3.63) is 35.4 Å². The molecule has 0 aliphatic carbocycles. The second-order valence-electron chi connectivity index (χ2n) is 4.93. The molecule has 0 bridgehead atoms. The number of ether oxygens (including phenoxy) is 2. The van der Waals surface area contributed by atoms with Gasteiger partial charge < -0.3 is 14.4 Å². The molecule has 0 unspecified atom stereocenters. The smallest absolute Gasteiger partial charge is 0.307 e. The monoisotopic (exact) mass is 329 g/mol. The van der Waals surface area contributed by atoms with Crippen molar-refractivity contribution in [2.24, 2.45) is 0 Å². The van der Waals surface area contributed by atoms with Crippen LogP contribution in [-0.2, 0) is 25.6 Å². The molecule has 0 radical (unpaired) electrons. The van der Waals surface area contributed by atoms with E-state index in [4.69, 9.17) is 4.74 Å². The fourth-order valence-electron chi connectivity index (χ4n) is 2.03. The summed E-state index contributed by atoms with van der Waals surface area (Å²) in [6.07, 6.45) is -0.687. The minimum absolute atomic E-state index is 0.00472. The van der Waals surface area contributed by atoms with Gasteiger partial charge in [0.15, 0.2) is 11.6 Å². The molecular formula is C16H21F2NO4. The number of hydrogen-bond donors (Lipinski definition) is 0. The van der Waals surface area contributed by atoms with Crippen LogP contribution in [0.1, 0.15) is 25.8 Å². The van der Waals surface area contributed by atoms with Gasteiger partial charge >= 0.3 is 5.97 Å². The van der Waals surface area contributed by atoms with Gasteiger partial charge in [-0.25, -0.2) is 8.78 Å². The predicted molar refractivity (Wildman–Crippen MR) is 79.5 cm³/mol. The van der Waals surface area contributed by atoms with Crippen LogP contribution in [0.3, 0.4) is 0 Å². The Bertz CT molecular complexity index is 551. The minimum Gasteiger partial charge on any atom is -0.469 e. The Kier molecular flexibility index (Phi) is 7.61. The Balaban J connectivity index is 2.86. The van der Waals surface area contributed by atoms with E-state index < -0.39 is 23.7 Å². The molecule has 1 rings (SSSR count). The Labute approximate surface area is 134 Å². The predicted octanol–water partition coefficient (Wildman–Crippen LogP) is 2.28. The van der Waals surface area contributed by atoms with Crippen molar-refractivity contribution in [3.8, 4) is 0 Å². The number of benzene rings is 1. The molecule has 0 spiro atoms. The van der Waals surface area contributed by atoms with Gasteiger partial charge in [0, 0.05) is 19.7 Å². The molecule has 0 aliphatic rings. The molecule has 0 N–H and O–H groups in total. The van der Waals surface area contributed by atoms with Crippen molar-refractivity contribution < 1.29 is 27.8 Å². The highest BCUT2D eigenvalue weighted by molar-refractivity contribution is 5.81. The second kappa shape index (κ2) is 9.19. The average molecular weight is 329 g/mol. The van der Waals surface area contributed by atoms with Gasteiger partial charge in [-0.05, 0) is 31.5 Å². The first-order valence-electron chi connectivity index (χ1n) is 7.30.